The molecule has 1 amide bonds. The van der Waals surface area contributed by atoms with Crippen molar-refractivity contribution in [2.24, 2.45) is 5.10 Å². The zero-order chi connectivity index (χ0) is 19.6. The Morgan fingerprint density at radius 1 is 1.07 bits per heavy atom. The molecule has 148 valence electrons. The SMILES string of the molecule is COc1ccc(C2=NN(C3CCN(S(C)(=O)=O)CC3)C(=O)CC2)cc1OC. The lowest BCUT2D eigenvalue weighted by Gasteiger charge is -2.36. The second-order valence-corrected chi connectivity index (χ2v) is 8.73. The van der Waals surface area contributed by atoms with Crippen LogP contribution in [0.2, 0.25) is 0 Å². The van der Waals surface area contributed by atoms with Crippen molar-refractivity contribution in [3.8, 4) is 11.5 Å². The molecule has 0 bridgehead atoms. The topological polar surface area (TPSA) is 88.5 Å². The van der Waals surface area contributed by atoms with Gasteiger partial charge >= 0.3 is 0 Å². The summed E-state index contributed by atoms with van der Waals surface area (Å²) in [6.07, 6.45) is 3.34. The third kappa shape index (κ3) is 4.24. The molecule has 1 aromatic rings. The van der Waals surface area contributed by atoms with Crippen molar-refractivity contribution in [1.29, 1.82) is 0 Å². The number of hydrogen-bond acceptors (Lipinski definition) is 6. The predicted octanol–water partition coefficient (Wildman–Crippen LogP) is 1.45. The summed E-state index contributed by atoms with van der Waals surface area (Å²) in [6.45, 7) is 0.822. The zero-order valence-electron chi connectivity index (χ0n) is 15.8. The van der Waals surface area contributed by atoms with Gasteiger partial charge in [0.15, 0.2) is 11.5 Å². The minimum Gasteiger partial charge on any atom is -0.493 e. The van der Waals surface area contributed by atoms with Gasteiger partial charge in [-0.05, 0) is 31.0 Å². The highest BCUT2D eigenvalue weighted by molar-refractivity contribution is 7.88. The molecule has 0 atom stereocenters. The van der Waals surface area contributed by atoms with E-state index >= 15 is 0 Å². The van der Waals surface area contributed by atoms with Crippen LogP contribution < -0.4 is 9.47 Å². The average molecular weight is 395 g/mol. The van der Waals surface area contributed by atoms with Crippen LogP contribution in [0.15, 0.2) is 23.3 Å². The number of piperidine rings is 1. The number of hydrazone groups is 1. The Morgan fingerprint density at radius 2 is 1.74 bits per heavy atom. The fourth-order valence-corrected chi connectivity index (χ4v) is 4.37. The molecular formula is C18H25N3O5S. The molecule has 1 saturated heterocycles. The molecule has 0 N–H and O–H groups in total. The van der Waals surface area contributed by atoms with Crippen molar-refractivity contribution in [1.82, 2.24) is 9.31 Å². The minimum absolute atomic E-state index is 0.0166. The van der Waals surface area contributed by atoms with E-state index in [4.69, 9.17) is 9.47 Å². The third-order valence-electron chi connectivity index (χ3n) is 5.01. The lowest BCUT2D eigenvalue weighted by atomic mass is 10.0. The lowest BCUT2D eigenvalue weighted by molar-refractivity contribution is -0.134. The number of benzene rings is 1. The zero-order valence-corrected chi connectivity index (χ0v) is 16.7. The van der Waals surface area contributed by atoms with E-state index in [1.165, 1.54) is 10.6 Å². The first-order valence-electron chi connectivity index (χ1n) is 8.90. The maximum Gasteiger partial charge on any atom is 0.243 e. The Morgan fingerprint density at radius 3 is 2.33 bits per heavy atom. The van der Waals surface area contributed by atoms with Gasteiger partial charge in [-0.15, -0.1) is 0 Å². The van der Waals surface area contributed by atoms with E-state index in [2.05, 4.69) is 5.10 Å². The van der Waals surface area contributed by atoms with Gasteiger partial charge in [-0.2, -0.15) is 5.10 Å². The van der Waals surface area contributed by atoms with E-state index in [1.807, 2.05) is 18.2 Å². The summed E-state index contributed by atoms with van der Waals surface area (Å²) in [4.78, 5) is 12.4. The Bertz CT molecular complexity index is 845. The highest BCUT2D eigenvalue weighted by atomic mass is 32.2. The molecule has 1 aromatic carbocycles. The highest BCUT2D eigenvalue weighted by Crippen LogP contribution is 2.30. The van der Waals surface area contributed by atoms with Crippen molar-refractivity contribution in [3.05, 3.63) is 23.8 Å². The Labute approximate surface area is 159 Å². The number of nitrogens with zero attached hydrogens (tertiary/aromatic N) is 3. The van der Waals surface area contributed by atoms with Gasteiger partial charge in [0.2, 0.25) is 15.9 Å². The molecule has 0 saturated carbocycles. The Hall–Kier alpha value is -2.13. The molecule has 2 heterocycles. The van der Waals surface area contributed by atoms with E-state index in [1.54, 1.807) is 19.2 Å². The largest absolute Gasteiger partial charge is 0.493 e. The number of hydrogen-bond donors (Lipinski definition) is 0. The number of amides is 1. The van der Waals surface area contributed by atoms with Crippen LogP contribution in [0.3, 0.4) is 0 Å². The maximum absolute atomic E-state index is 12.4. The molecular weight excluding hydrogens is 370 g/mol. The second-order valence-electron chi connectivity index (χ2n) is 6.75. The van der Waals surface area contributed by atoms with Crippen molar-refractivity contribution in [3.63, 3.8) is 0 Å². The Kier molecular flexibility index (Phi) is 5.71. The minimum atomic E-state index is -3.19. The maximum atomic E-state index is 12.4. The van der Waals surface area contributed by atoms with Gasteiger partial charge in [-0.3, -0.25) is 4.79 Å². The molecule has 2 aliphatic heterocycles. The quantitative estimate of drug-likeness (QED) is 0.753. The Balaban J connectivity index is 1.80. The lowest BCUT2D eigenvalue weighted by Crippen LogP contribution is -2.48. The van der Waals surface area contributed by atoms with Crippen LogP contribution in [-0.2, 0) is 14.8 Å². The van der Waals surface area contributed by atoms with E-state index < -0.39 is 10.0 Å². The van der Waals surface area contributed by atoms with Crippen molar-refractivity contribution in [2.45, 2.75) is 31.7 Å². The number of methoxy groups -OCH3 is 2. The van der Waals surface area contributed by atoms with Crippen molar-refractivity contribution >= 4 is 21.6 Å². The molecule has 1 fully saturated rings. The molecule has 0 spiro atoms. The molecule has 3 rings (SSSR count). The van der Waals surface area contributed by atoms with E-state index in [0.29, 0.717) is 50.3 Å². The molecule has 0 unspecified atom stereocenters. The van der Waals surface area contributed by atoms with Gasteiger partial charge in [0.05, 0.1) is 32.2 Å². The summed E-state index contributed by atoms with van der Waals surface area (Å²) in [7, 11) is -0.0320. The predicted molar refractivity (Wildman–Crippen MR) is 102 cm³/mol. The molecule has 0 aromatic heterocycles. The molecule has 8 nitrogen and oxygen atoms in total. The van der Waals surface area contributed by atoms with Crippen LogP contribution >= 0.6 is 0 Å². The van der Waals surface area contributed by atoms with E-state index in [-0.39, 0.29) is 11.9 Å². The first-order chi connectivity index (χ1) is 12.8. The molecule has 2 aliphatic rings. The first-order valence-corrected chi connectivity index (χ1v) is 10.8. The molecule has 27 heavy (non-hydrogen) atoms. The smallest absolute Gasteiger partial charge is 0.243 e. The van der Waals surface area contributed by atoms with Gasteiger partial charge in [-0.25, -0.2) is 17.7 Å². The van der Waals surface area contributed by atoms with Crippen LogP contribution in [0.5, 0.6) is 11.5 Å². The number of ether oxygens (including phenoxy) is 2. The van der Waals surface area contributed by atoms with Crippen LogP contribution in [-0.4, -0.2) is 69.0 Å². The molecule has 0 radical (unpaired) electrons. The summed E-state index contributed by atoms with van der Waals surface area (Å²) >= 11 is 0. The van der Waals surface area contributed by atoms with Crippen LogP contribution in [0, 0.1) is 0 Å². The monoisotopic (exact) mass is 395 g/mol. The van der Waals surface area contributed by atoms with Crippen molar-refractivity contribution < 1.29 is 22.7 Å². The molecule has 0 aliphatic carbocycles. The molecule has 9 heteroatoms. The normalized spacial score (nSPS) is 19.7. The second kappa shape index (κ2) is 7.85. The summed E-state index contributed by atoms with van der Waals surface area (Å²) in [5.74, 6) is 1.23. The van der Waals surface area contributed by atoms with Crippen LogP contribution in [0.1, 0.15) is 31.2 Å². The summed E-state index contributed by atoms with van der Waals surface area (Å²) in [5.41, 5.74) is 1.71. The number of carbonyl (C=O) groups excluding carboxylic acids is 1. The summed E-state index contributed by atoms with van der Waals surface area (Å²) in [5, 5.41) is 6.16. The summed E-state index contributed by atoms with van der Waals surface area (Å²) in [6, 6.07) is 5.51. The van der Waals surface area contributed by atoms with Gasteiger partial charge in [0, 0.05) is 31.5 Å². The number of rotatable bonds is 5. The fourth-order valence-electron chi connectivity index (χ4n) is 3.50. The van der Waals surface area contributed by atoms with Gasteiger partial charge < -0.3 is 9.47 Å². The van der Waals surface area contributed by atoms with Gasteiger partial charge in [-0.1, -0.05) is 0 Å². The number of sulfonamides is 1. The standard InChI is InChI=1S/C18H25N3O5S/c1-25-16-6-4-13(12-17(16)26-2)15-5-7-18(22)21(19-15)14-8-10-20(11-9-14)27(3,23)24/h4,6,12,14H,5,7-11H2,1-3H3. The van der Waals surface area contributed by atoms with Crippen LogP contribution in [0.25, 0.3) is 0 Å². The first kappa shape index (κ1) is 19.6. The van der Waals surface area contributed by atoms with E-state index in [0.717, 1.165) is 11.3 Å². The van der Waals surface area contributed by atoms with Gasteiger partial charge in [0.1, 0.15) is 0 Å². The summed E-state index contributed by atoms with van der Waals surface area (Å²) < 4.78 is 35.4. The average Bonchev–Trinajstić information content (AvgIpc) is 2.67. The van der Waals surface area contributed by atoms with Crippen molar-refractivity contribution in [2.75, 3.05) is 33.6 Å². The van der Waals surface area contributed by atoms with Gasteiger partial charge in [0.25, 0.3) is 0 Å². The third-order valence-corrected chi connectivity index (χ3v) is 6.32. The van der Waals surface area contributed by atoms with Crippen LogP contribution in [0.4, 0.5) is 0 Å². The van der Waals surface area contributed by atoms with E-state index in [9.17, 15) is 13.2 Å². The fraction of sp³-hybridized carbons (Fsp3) is 0.556. The number of carbonyl (C=O) groups is 1. The highest BCUT2D eigenvalue weighted by Gasteiger charge is 2.33.